The number of thiazole rings is 1. The molecule has 50 heavy (non-hydrogen) atoms. The van der Waals surface area contributed by atoms with Gasteiger partial charge in [0.1, 0.15) is 16.8 Å². The lowest BCUT2D eigenvalue weighted by atomic mass is 10.1. The average molecular weight is 719 g/mol. The molecule has 7 nitrogen and oxygen atoms in total. The van der Waals surface area contributed by atoms with E-state index in [9.17, 15) is 18.8 Å². The maximum absolute atomic E-state index is 14.7. The van der Waals surface area contributed by atoms with Crippen LogP contribution in [0.15, 0.2) is 149 Å². The lowest BCUT2D eigenvalue weighted by Gasteiger charge is -2.17. The Morgan fingerprint density at radius 1 is 0.780 bits per heavy atom. The highest BCUT2D eigenvalue weighted by Gasteiger charge is 2.24. The van der Waals surface area contributed by atoms with Gasteiger partial charge in [-0.1, -0.05) is 96.5 Å². The molecule has 0 aliphatic rings. The second-order valence-corrected chi connectivity index (χ2v) is 13.2. The molecule has 3 N–H and O–H groups in total. The van der Waals surface area contributed by atoms with Crippen molar-refractivity contribution in [2.24, 2.45) is 0 Å². The third kappa shape index (κ3) is 8.72. The van der Waals surface area contributed by atoms with E-state index < -0.39 is 22.9 Å². The van der Waals surface area contributed by atoms with Gasteiger partial charge in [0.2, 0.25) is 5.91 Å². The molecule has 11 heteroatoms. The van der Waals surface area contributed by atoms with E-state index in [0.29, 0.717) is 16.4 Å². The van der Waals surface area contributed by atoms with Crippen molar-refractivity contribution >= 4 is 69.3 Å². The quantitative estimate of drug-likeness (QED) is 0.0916. The first-order valence-electron chi connectivity index (χ1n) is 15.3. The van der Waals surface area contributed by atoms with E-state index in [1.54, 1.807) is 54.6 Å². The molecule has 1 unspecified atom stereocenters. The Bertz CT molecular complexity index is 2130. The summed E-state index contributed by atoms with van der Waals surface area (Å²) in [4.78, 5) is 45.5. The topological polar surface area (TPSA) is 100 Å². The molecule has 0 radical (unpaired) electrons. The number of amides is 3. The molecule has 0 saturated heterocycles. The summed E-state index contributed by atoms with van der Waals surface area (Å²) < 4.78 is 14.7. The fourth-order valence-electron chi connectivity index (χ4n) is 4.83. The van der Waals surface area contributed by atoms with Crippen LogP contribution < -0.4 is 16.0 Å². The van der Waals surface area contributed by atoms with Crippen LogP contribution in [0.2, 0.25) is 5.02 Å². The molecule has 0 spiro atoms. The standard InChI is InChI=1S/C39H28ClFN4O3S2/c40-31-17-10-18-32(41)30(31)23-33(43-36(46)27-15-8-3-9-16-27)37(47)42-28-19-21-29(22-20-28)50-35(26-13-6-2-7-14-26)38(48)45-39-44-34(24-49-39)25-11-4-1-5-12-25/h1-24,35H,(H,42,47)(H,43,46)(H,44,45,48)/b33-23-. The first-order valence-corrected chi connectivity index (χ1v) is 17.4. The van der Waals surface area contributed by atoms with E-state index in [2.05, 4.69) is 20.9 Å². The van der Waals surface area contributed by atoms with Crippen molar-refractivity contribution in [1.29, 1.82) is 0 Å². The minimum atomic E-state index is -0.686. The van der Waals surface area contributed by atoms with Crippen LogP contribution in [-0.2, 0) is 9.59 Å². The molecule has 3 amide bonds. The zero-order valence-corrected chi connectivity index (χ0v) is 28.6. The molecule has 1 heterocycles. The number of carbonyl (C=O) groups excluding carboxylic acids is 3. The van der Waals surface area contributed by atoms with Crippen molar-refractivity contribution in [1.82, 2.24) is 10.3 Å². The van der Waals surface area contributed by atoms with Crippen molar-refractivity contribution < 1.29 is 18.8 Å². The van der Waals surface area contributed by atoms with Crippen LogP contribution in [0.5, 0.6) is 0 Å². The fourth-order valence-corrected chi connectivity index (χ4v) is 6.80. The number of nitrogens with zero attached hydrogens (tertiary/aromatic N) is 1. The number of rotatable bonds is 11. The number of anilines is 2. The minimum absolute atomic E-state index is 0.0429. The summed E-state index contributed by atoms with van der Waals surface area (Å²) in [7, 11) is 0. The molecule has 248 valence electrons. The van der Waals surface area contributed by atoms with Crippen molar-refractivity contribution in [3.05, 3.63) is 172 Å². The molecule has 0 saturated carbocycles. The van der Waals surface area contributed by atoms with Crippen molar-refractivity contribution in [2.45, 2.75) is 10.1 Å². The number of hydrogen-bond acceptors (Lipinski definition) is 6. The van der Waals surface area contributed by atoms with Gasteiger partial charge in [-0.05, 0) is 60.2 Å². The second-order valence-electron chi connectivity index (χ2n) is 10.8. The van der Waals surface area contributed by atoms with Gasteiger partial charge in [0.25, 0.3) is 11.8 Å². The number of aromatic nitrogens is 1. The lowest BCUT2D eigenvalue weighted by Crippen LogP contribution is -2.30. The molecule has 5 aromatic carbocycles. The predicted octanol–water partition coefficient (Wildman–Crippen LogP) is 9.48. The highest BCUT2D eigenvalue weighted by atomic mass is 35.5. The third-order valence-electron chi connectivity index (χ3n) is 7.33. The molecule has 6 aromatic rings. The highest BCUT2D eigenvalue weighted by Crippen LogP contribution is 2.37. The van der Waals surface area contributed by atoms with Gasteiger partial charge in [-0.15, -0.1) is 23.1 Å². The molecule has 0 aliphatic carbocycles. The molecule has 0 bridgehead atoms. The van der Waals surface area contributed by atoms with Crippen LogP contribution in [0.3, 0.4) is 0 Å². The number of halogens is 2. The number of nitrogens with one attached hydrogen (secondary N) is 3. The van der Waals surface area contributed by atoms with E-state index in [0.717, 1.165) is 21.7 Å². The third-order valence-corrected chi connectivity index (χ3v) is 9.68. The van der Waals surface area contributed by atoms with Gasteiger partial charge in [0.15, 0.2) is 5.13 Å². The van der Waals surface area contributed by atoms with Gasteiger partial charge in [-0.25, -0.2) is 9.37 Å². The summed E-state index contributed by atoms with van der Waals surface area (Å²) in [6, 6.07) is 38.6. The van der Waals surface area contributed by atoms with Gasteiger partial charge < -0.3 is 16.0 Å². The van der Waals surface area contributed by atoms with E-state index in [4.69, 9.17) is 11.6 Å². The minimum Gasteiger partial charge on any atom is -0.321 e. The summed E-state index contributed by atoms with van der Waals surface area (Å²) in [5, 5.41) is 10.2. The van der Waals surface area contributed by atoms with Crippen molar-refractivity contribution in [3.8, 4) is 11.3 Å². The van der Waals surface area contributed by atoms with E-state index in [-0.39, 0.29) is 22.2 Å². The lowest BCUT2D eigenvalue weighted by molar-refractivity contribution is -0.116. The Kier molecular flexibility index (Phi) is 11.1. The first-order chi connectivity index (χ1) is 24.3. The largest absolute Gasteiger partial charge is 0.321 e. The smallest absolute Gasteiger partial charge is 0.272 e. The summed E-state index contributed by atoms with van der Waals surface area (Å²) in [6.07, 6.45) is 1.20. The van der Waals surface area contributed by atoms with Gasteiger partial charge in [0.05, 0.1) is 10.7 Å². The van der Waals surface area contributed by atoms with Crippen molar-refractivity contribution in [2.75, 3.05) is 10.6 Å². The first kappa shape index (κ1) is 34.3. The average Bonchev–Trinajstić information content (AvgIpc) is 3.61. The van der Waals surface area contributed by atoms with Crippen LogP contribution in [-0.4, -0.2) is 22.7 Å². The molecule has 0 aliphatic heterocycles. The van der Waals surface area contributed by atoms with Gasteiger partial charge in [-0.3, -0.25) is 14.4 Å². The Balaban J connectivity index is 1.18. The Morgan fingerprint density at radius 2 is 1.44 bits per heavy atom. The Morgan fingerprint density at radius 3 is 2.12 bits per heavy atom. The normalized spacial score (nSPS) is 11.8. The van der Waals surface area contributed by atoms with Crippen LogP contribution in [0.4, 0.5) is 15.2 Å². The van der Waals surface area contributed by atoms with Crippen LogP contribution in [0.1, 0.15) is 26.7 Å². The maximum Gasteiger partial charge on any atom is 0.272 e. The molecular weight excluding hydrogens is 691 g/mol. The van der Waals surface area contributed by atoms with Crippen LogP contribution >= 0.6 is 34.7 Å². The number of hydrogen-bond donors (Lipinski definition) is 3. The molecule has 1 atom stereocenters. The fraction of sp³-hybridized carbons (Fsp3) is 0.0256. The van der Waals surface area contributed by atoms with E-state index >= 15 is 0 Å². The zero-order valence-electron chi connectivity index (χ0n) is 26.2. The Labute approximate surface area is 301 Å². The summed E-state index contributed by atoms with van der Waals surface area (Å²) >= 11 is 8.93. The van der Waals surface area contributed by atoms with Gasteiger partial charge >= 0.3 is 0 Å². The molecule has 6 rings (SSSR count). The number of carbonyl (C=O) groups is 3. The summed E-state index contributed by atoms with van der Waals surface area (Å²) in [5.41, 5.74) is 3.03. The predicted molar refractivity (Wildman–Crippen MR) is 200 cm³/mol. The molecular formula is C39H28ClFN4O3S2. The second kappa shape index (κ2) is 16.2. The van der Waals surface area contributed by atoms with Crippen molar-refractivity contribution in [3.63, 3.8) is 0 Å². The Hall–Kier alpha value is -5.55. The van der Waals surface area contributed by atoms with E-state index in [1.165, 1.54) is 47.4 Å². The maximum atomic E-state index is 14.7. The zero-order chi connectivity index (χ0) is 34.9. The molecule has 0 fully saturated rings. The van der Waals surface area contributed by atoms with E-state index in [1.807, 2.05) is 66.0 Å². The van der Waals surface area contributed by atoms with Crippen LogP contribution in [0, 0.1) is 5.82 Å². The van der Waals surface area contributed by atoms with Crippen LogP contribution in [0.25, 0.3) is 17.3 Å². The summed E-state index contributed by atoms with van der Waals surface area (Å²) in [6.45, 7) is 0. The SMILES string of the molecule is O=C(Nc1ccc(SC(C(=O)Nc2nc(-c3ccccc3)cs2)c2ccccc2)cc1)/C(=C/c1c(F)cccc1Cl)NC(=O)c1ccccc1. The monoisotopic (exact) mass is 718 g/mol. The number of benzene rings is 5. The van der Waals surface area contributed by atoms with Gasteiger partial charge in [0, 0.05) is 32.7 Å². The van der Waals surface area contributed by atoms with Gasteiger partial charge in [-0.2, -0.15) is 0 Å². The molecule has 1 aromatic heterocycles. The summed E-state index contributed by atoms with van der Waals surface area (Å²) in [5.74, 6) is -2.12. The number of thioether (sulfide) groups is 1. The highest BCUT2D eigenvalue weighted by molar-refractivity contribution is 8.00.